The van der Waals surface area contributed by atoms with Gasteiger partial charge >= 0.3 is 5.97 Å². The second kappa shape index (κ2) is 7.14. The Hall–Kier alpha value is -1.94. The summed E-state index contributed by atoms with van der Waals surface area (Å²) in [5, 5.41) is 8.86. The van der Waals surface area contributed by atoms with Gasteiger partial charge in [-0.05, 0) is 66.7 Å². The van der Waals surface area contributed by atoms with Gasteiger partial charge in [-0.25, -0.2) is 4.79 Å². The molecule has 0 aromatic heterocycles. The van der Waals surface area contributed by atoms with Gasteiger partial charge in [0.1, 0.15) is 0 Å². The number of hydrogen-bond acceptors (Lipinski definition) is 2. The lowest BCUT2D eigenvalue weighted by atomic mass is 9.75. The Morgan fingerprint density at radius 1 is 1.32 bits per heavy atom. The van der Waals surface area contributed by atoms with Crippen LogP contribution >= 0.6 is 12.2 Å². The van der Waals surface area contributed by atoms with Gasteiger partial charge in [-0.2, -0.15) is 0 Å². The number of benzene rings is 1. The lowest BCUT2D eigenvalue weighted by molar-refractivity contribution is -0.131. The van der Waals surface area contributed by atoms with Crippen molar-refractivity contribution in [1.82, 2.24) is 0 Å². The van der Waals surface area contributed by atoms with Gasteiger partial charge in [0.05, 0.1) is 4.99 Å². The molecule has 3 rings (SSSR count). The fourth-order valence-electron chi connectivity index (χ4n) is 4.42. The molecule has 1 heterocycles. The maximum atomic E-state index is 10.8. The van der Waals surface area contributed by atoms with Crippen LogP contribution in [0.5, 0.6) is 0 Å². The number of fused-ring (bicyclic) bond motifs is 1. The molecule has 2 aliphatic rings. The summed E-state index contributed by atoms with van der Waals surface area (Å²) >= 11 is 5.72. The normalized spacial score (nSPS) is 26.7. The van der Waals surface area contributed by atoms with Crippen molar-refractivity contribution in [3.63, 3.8) is 0 Å². The SMILES string of the molecule is CC(C=C[C@@H]1C[C@]1(C)c1ccc2c(c1)C(C)(C)CC(=S)N2C(C)C)=CC(=O)O. The number of carboxylic acids is 1. The van der Waals surface area contributed by atoms with Gasteiger partial charge in [-0.15, -0.1) is 0 Å². The fraction of sp³-hybridized carbons (Fsp3) is 0.500. The molecule has 3 nitrogen and oxygen atoms in total. The van der Waals surface area contributed by atoms with Gasteiger partial charge in [-0.1, -0.05) is 57.3 Å². The molecule has 1 fully saturated rings. The zero-order valence-electron chi connectivity index (χ0n) is 17.7. The third-order valence-electron chi connectivity index (χ3n) is 6.27. The van der Waals surface area contributed by atoms with Gasteiger partial charge in [0.2, 0.25) is 0 Å². The minimum Gasteiger partial charge on any atom is -0.478 e. The van der Waals surface area contributed by atoms with Crippen molar-refractivity contribution in [3.05, 3.63) is 53.1 Å². The standard InChI is InChI=1S/C24H31NO2S/c1-15(2)25-20-10-9-17(12-19(20)23(4,5)14-21(25)28)24(6)13-18(24)8-7-16(3)11-22(26)27/h7-12,15,18H,13-14H2,1-6H3,(H,26,27)/t18-,24-/m1/s1. The highest BCUT2D eigenvalue weighted by Gasteiger charge is 2.50. The van der Waals surface area contributed by atoms with Crippen LogP contribution < -0.4 is 4.90 Å². The number of aliphatic carboxylic acids is 1. The van der Waals surface area contributed by atoms with E-state index >= 15 is 0 Å². The number of hydrogen-bond donors (Lipinski definition) is 1. The van der Waals surface area contributed by atoms with Crippen molar-refractivity contribution < 1.29 is 9.90 Å². The Bertz CT molecular complexity index is 881. The third-order valence-corrected chi connectivity index (χ3v) is 6.61. The topological polar surface area (TPSA) is 40.5 Å². The molecule has 0 bridgehead atoms. The van der Waals surface area contributed by atoms with Crippen LogP contribution in [0.25, 0.3) is 0 Å². The van der Waals surface area contributed by atoms with Crippen molar-refractivity contribution >= 4 is 28.9 Å². The van der Waals surface area contributed by atoms with E-state index in [1.165, 1.54) is 22.9 Å². The molecular formula is C24H31NO2S. The Kier molecular flexibility index (Phi) is 5.30. The first-order valence-corrected chi connectivity index (χ1v) is 10.4. The number of rotatable bonds is 5. The highest BCUT2D eigenvalue weighted by Crippen LogP contribution is 2.56. The molecular weight excluding hydrogens is 366 g/mol. The largest absolute Gasteiger partial charge is 0.478 e. The average molecular weight is 398 g/mol. The quantitative estimate of drug-likeness (QED) is 0.389. The van der Waals surface area contributed by atoms with E-state index in [0.29, 0.717) is 12.0 Å². The van der Waals surface area contributed by atoms with Gasteiger partial charge in [-0.3, -0.25) is 0 Å². The van der Waals surface area contributed by atoms with Crippen LogP contribution in [0.15, 0.2) is 42.0 Å². The average Bonchev–Trinajstić information content (AvgIpc) is 3.23. The van der Waals surface area contributed by atoms with Crippen molar-refractivity contribution in [1.29, 1.82) is 0 Å². The van der Waals surface area contributed by atoms with E-state index in [2.05, 4.69) is 63.8 Å². The van der Waals surface area contributed by atoms with Gasteiger partial charge < -0.3 is 10.0 Å². The van der Waals surface area contributed by atoms with Crippen LogP contribution in [0.1, 0.15) is 65.5 Å². The highest BCUT2D eigenvalue weighted by atomic mass is 32.1. The second-order valence-electron chi connectivity index (χ2n) is 9.46. The molecule has 28 heavy (non-hydrogen) atoms. The number of carboxylic acid groups (broad SMARTS) is 1. The molecule has 150 valence electrons. The minimum absolute atomic E-state index is 0.0330. The summed E-state index contributed by atoms with van der Waals surface area (Å²) in [6.07, 6.45) is 7.34. The molecule has 1 aliphatic heterocycles. The molecule has 0 unspecified atom stereocenters. The number of carbonyl (C=O) groups is 1. The molecule has 0 spiro atoms. The van der Waals surface area contributed by atoms with Crippen molar-refractivity contribution in [2.24, 2.45) is 5.92 Å². The lowest BCUT2D eigenvalue weighted by Gasteiger charge is -2.43. The van der Waals surface area contributed by atoms with Gasteiger partial charge in [0.15, 0.2) is 0 Å². The molecule has 1 aliphatic carbocycles. The van der Waals surface area contributed by atoms with E-state index in [-0.39, 0.29) is 10.8 Å². The first-order chi connectivity index (χ1) is 13.0. The van der Waals surface area contributed by atoms with Crippen LogP contribution in [-0.4, -0.2) is 22.1 Å². The van der Waals surface area contributed by atoms with E-state index in [4.69, 9.17) is 17.3 Å². The van der Waals surface area contributed by atoms with Crippen LogP contribution in [-0.2, 0) is 15.6 Å². The maximum Gasteiger partial charge on any atom is 0.328 e. The first kappa shape index (κ1) is 20.8. The Labute approximate surface area is 174 Å². The summed E-state index contributed by atoms with van der Waals surface area (Å²) in [6, 6.07) is 7.24. The molecule has 1 N–H and O–H groups in total. The monoisotopic (exact) mass is 397 g/mol. The van der Waals surface area contributed by atoms with Crippen molar-refractivity contribution in [2.45, 2.75) is 71.3 Å². The lowest BCUT2D eigenvalue weighted by Crippen LogP contribution is -2.44. The van der Waals surface area contributed by atoms with Crippen LogP contribution in [0.2, 0.25) is 0 Å². The number of thiocarbonyl (C=S) groups is 1. The molecule has 1 saturated carbocycles. The summed E-state index contributed by atoms with van der Waals surface area (Å²) in [4.78, 5) is 14.1. The van der Waals surface area contributed by atoms with E-state index < -0.39 is 5.97 Å². The smallest absolute Gasteiger partial charge is 0.328 e. The summed E-state index contributed by atoms with van der Waals surface area (Å²) in [6.45, 7) is 13.1. The van der Waals surface area contributed by atoms with E-state index in [9.17, 15) is 4.79 Å². The van der Waals surface area contributed by atoms with E-state index in [0.717, 1.165) is 23.4 Å². The molecule has 1 aromatic carbocycles. The number of anilines is 1. The summed E-state index contributed by atoms with van der Waals surface area (Å²) in [5.74, 6) is -0.457. The minimum atomic E-state index is -0.898. The summed E-state index contributed by atoms with van der Waals surface area (Å²) in [5.41, 5.74) is 4.91. The summed E-state index contributed by atoms with van der Waals surface area (Å²) in [7, 11) is 0. The zero-order chi connectivity index (χ0) is 20.9. The molecule has 0 amide bonds. The Morgan fingerprint density at radius 2 is 2.00 bits per heavy atom. The predicted molar refractivity (Wildman–Crippen MR) is 120 cm³/mol. The highest BCUT2D eigenvalue weighted by molar-refractivity contribution is 7.80. The number of nitrogens with zero attached hydrogens (tertiary/aromatic N) is 1. The van der Waals surface area contributed by atoms with Crippen LogP contribution in [0, 0.1) is 5.92 Å². The first-order valence-electron chi connectivity index (χ1n) is 10.0. The predicted octanol–water partition coefficient (Wildman–Crippen LogP) is 5.77. The zero-order valence-corrected chi connectivity index (χ0v) is 18.6. The third kappa shape index (κ3) is 3.80. The Balaban J connectivity index is 1.91. The molecule has 2 atom stereocenters. The molecule has 1 aromatic rings. The molecule has 0 saturated heterocycles. The number of allylic oxidation sites excluding steroid dienone is 3. The van der Waals surface area contributed by atoms with E-state index in [1.807, 2.05) is 13.0 Å². The van der Waals surface area contributed by atoms with Crippen molar-refractivity contribution in [2.75, 3.05) is 4.90 Å². The van der Waals surface area contributed by atoms with Crippen molar-refractivity contribution in [3.8, 4) is 0 Å². The second-order valence-corrected chi connectivity index (χ2v) is 9.94. The fourth-order valence-corrected chi connectivity index (χ4v) is 5.09. The Morgan fingerprint density at radius 3 is 2.61 bits per heavy atom. The van der Waals surface area contributed by atoms with Gasteiger partial charge in [0.25, 0.3) is 0 Å². The maximum absolute atomic E-state index is 10.8. The molecule has 4 heteroatoms. The van der Waals surface area contributed by atoms with Crippen LogP contribution in [0.4, 0.5) is 5.69 Å². The van der Waals surface area contributed by atoms with Crippen LogP contribution in [0.3, 0.4) is 0 Å². The molecule has 0 radical (unpaired) electrons. The summed E-state index contributed by atoms with van der Waals surface area (Å²) < 4.78 is 0. The van der Waals surface area contributed by atoms with E-state index in [1.54, 1.807) is 0 Å². The van der Waals surface area contributed by atoms with Gasteiger partial charge in [0, 0.05) is 24.2 Å².